The molecule has 0 unspecified atom stereocenters. The van der Waals surface area contributed by atoms with Crippen molar-refractivity contribution in [2.75, 3.05) is 5.75 Å². The third kappa shape index (κ3) is 7.58. The van der Waals surface area contributed by atoms with E-state index in [1.807, 2.05) is 18.2 Å². The molecule has 0 N–H and O–H groups in total. The molecule has 1 aromatic heterocycles. The number of benzene rings is 3. The maximum Gasteiger partial charge on any atom is 1.00 e. The van der Waals surface area contributed by atoms with Crippen molar-refractivity contribution < 1.29 is 39.5 Å². The Hall–Kier alpha value is -2.31. The van der Waals surface area contributed by atoms with E-state index in [4.69, 9.17) is 4.98 Å². The minimum absolute atomic E-state index is 0. The molecule has 0 amide bonds. The SMILES string of the molecule is O=C([O-])CCCCCCCSc1nc(-c2ccccc2)c(-c2ccccc2)n1-c1ccccc1.[Na+]. The molecule has 3 aromatic carbocycles. The second-order valence-electron chi connectivity index (χ2n) is 8.23. The molecular weight excluding hydrogens is 463 g/mol. The summed E-state index contributed by atoms with van der Waals surface area (Å²) in [4.78, 5) is 15.7. The third-order valence-electron chi connectivity index (χ3n) is 5.71. The van der Waals surface area contributed by atoms with Crippen molar-refractivity contribution in [1.82, 2.24) is 9.55 Å². The zero-order chi connectivity index (χ0) is 23.6. The first-order chi connectivity index (χ1) is 16.7. The molecule has 0 saturated carbocycles. The number of carbonyl (C=O) groups is 1. The fraction of sp³-hybridized carbons (Fsp3) is 0.241. The summed E-state index contributed by atoms with van der Waals surface area (Å²) in [6.07, 6.45) is 5.00. The van der Waals surface area contributed by atoms with Crippen LogP contribution in [0.2, 0.25) is 0 Å². The van der Waals surface area contributed by atoms with Crippen LogP contribution in [0.25, 0.3) is 28.2 Å². The van der Waals surface area contributed by atoms with Crippen LogP contribution < -0.4 is 34.7 Å². The van der Waals surface area contributed by atoms with Crippen molar-refractivity contribution >= 4 is 17.7 Å². The maximum atomic E-state index is 10.6. The average Bonchev–Trinajstić information content (AvgIpc) is 3.26. The van der Waals surface area contributed by atoms with Gasteiger partial charge in [0.25, 0.3) is 0 Å². The number of hydrogen-bond acceptors (Lipinski definition) is 4. The molecule has 0 radical (unpaired) electrons. The number of carboxylic acids is 1. The molecule has 1 heterocycles. The van der Waals surface area contributed by atoms with Gasteiger partial charge in [0, 0.05) is 28.5 Å². The standard InChI is InChI=1S/C29H30N2O2S.Na/c32-26(33)21-13-2-1-3-14-22-34-29-30-27(23-15-7-4-8-16-23)28(24-17-9-5-10-18-24)31(29)25-19-11-6-12-20-25;/h4-12,15-20H,1-3,13-14,21-22H2,(H,32,33);/q;+1/p-1. The van der Waals surface area contributed by atoms with E-state index in [1.54, 1.807) is 11.8 Å². The fourth-order valence-corrected chi connectivity index (χ4v) is 5.05. The fourth-order valence-electron chi connectivity index (χ4n) is 4.04. The van der Waals surface area contributed by atoms with Crippen LogP contribution >= 0.6 is 11.8 Å². The second-order valence-corrected chi connectivity index (χ2v) is 9.29. The van der Waals surface area contributed by atoms with Gasteiger partial charge in [-0.15, -0.1) is 0 Å². The van der Waals surface area contributed by atoms with Crippen LogP contribution in [-0.4, -0.2) is 21.3 Å². The number of rotatable bonds is 12. The van der Waals surface area contributed by atoms with Crippen LogP contribution in [0.5, 0.6) is 0 Å². The van der Waals surface area contributed by atoms with Gasteiger partial charge in [0.15, 0.2) is 5.16 Å². The summed E-state index contributed by atoms with van der Waals surface area (Å²) in [6.45, 7) is 0. The molecule has 0 atom stereocenters. The van der Waals surface area contributed by atoms with Gasteiger partial charge < -0.3 is 9.90 Å². The molecule has 0 fully saturated rings. The summed E-state index contributed by atoms with van der Waals surface area (Å²) in [5.74, 6) is 0.0130. The number of unbranched alkanes of at least 4 members (excludes halogenated alkanes) is 4. The van der Waals surface area contributed by atoms with Crippen LogP contribution in [0, 0.1) is 0 Å². The Kier molecular flexibility index (Phi) is 11.1. The number of nitrogens with zero attached hydrogens (tertiary/aromatic N) is 2. The van der Waals surface area contributed by atoms with Gasteiger partial charge in [-0.2, -0.15) is 0 Å². The Labute approximate surface area is 234 Å². The molecule has 0 saturated heterocycles. The van der Waals surface area contributed by atoms with Crippen LogP contribution in [0.3, 0.4) is 0 Å². The first-order valence-electron chi connectivity index (χ1n) is 11.9. The zero-order valence-corrected chi connectivity index (χ0v) is 23.0. The summed E-state index contributed by atoms with van der Waals surface area (Å²) in [6, 6.07) is 31.3. The molecule has 0 aliphatic heterocycles. The number of aliphatic carboxylic acids is 1. The van der Waals surface area contributed by atoms with Crippen LogP contribution in [-0.2, 0) is 4.79 Å². The van der Waals surface area contributed by atoms with E-state index in [-0.39, 0.29) is 36.0 Å². The predicted octanol–water partition coefficient (Wildman–Crippen LogP) is 3.39. The molecular formula is C29H29N2NaO2S. The molecule has 35 heavy (non-hydrogen) atoms. The minimum Gasteiger partial charge on any atom is -0.550 e. The van der Waals surface area contributed by atoms with Crippen molar-refractivity contribution in [3.05, 3.63) is 91.0 Å². The largest absolute Gasteiger partial charge is 1.00 e. The molecule has 0 aliphatic rings. The van der Waals surface area contributed by atoms with Gasteiger partial charge in [0.2, 0.25) is 0 Å². The maximum absolute atomic E-state index is 10.6. The number of imidazole rings is 1. The number of thioether (sulfide) groups is 1. The summed E-state index contributed by atoms with van der Waals surface area (Å²) >= 11 is 1.78. The molecule has 4 aromatic rings. The Morgan fingerprint density at radius 3 is 1.91 bits per heavy atom. The van der Waals surface area contributed by atoms with E-state index >= 15 is 0 Å². The summed E-state index contributed by atoms with van der Waals surface area (Å²) in [5.41, 5.74) is 5.42. The van der Waals surface area contributed by atoms with E-state index < -0.39 is 5.97 Å². The van der Waals surface area contributed by atoms with Gasteiger partial charge in [0.05, 0.1) is 11.4 Å². The topological polar surface area (TPSA) is 57.9 Å². The molecule has 4 rings (SSSR count). The van der Waals surface area contributed by atoms with Crippen LogP contribution in [0.1, 0.15) is 38.5 Å². The van der Waals surface area contributed by atoms with Crippen molar-refractivity contribution in [3.8, 4) is 28.2 Å². The van der Waals surface area contributed by atoms with Crippen LogP contribution in [0.15, 0.2) is 96.2 Å². The summed E-state index contributed by atoms with van der Waals surface area (Å²) in [5, 5.41) is 11.5. The van der Waals surface area contributed by atoms with Gasteiger partial charge in [-0.3, -0.25) is 4.57 Å². The van der Waals surface area contributed by atoms with Gasteiger partial charge in [0.1, 0.15) is 0 Å². The monoisotopic (exact) mass is 492 g/mol. The van der Waals surface area contributed by atoms with E-state index in [9.17, 15) is 9.90 Å². The Morgan fingerprint density at radius 2 is 1.29 bits per heavy atom. The first kappa shape index (κ1) is 27.3. The number of carboxylic acid groups (broad SMARTS) is 1. The van der Waals surface area contributed by atoms with Crippen LogP contribution in [0.4, 0.5) is 0 Å². The number of para-hydroxylation sites is 1. The first-order valence-corrected chi connectivity index (χ1v) is 12.8. The normalized spacial score (nSPS) is 10.6. The quantitative estimate of drug-likeness (QED) is 0.173. The molecule has 6 heteroatoms. The van der Waals surface area contributed by atoms with E-state index in [2.05, 4.69) is 77.4 Å². The summed E-state index contributed by atoms with van der Waals surface area (Å²) in [7, 11) is 0. The van der Waals surface area contributed by atoms with Gasteiger partial charge in [-0.1, -0.05) is 110 Å². The molecule has 0 aliphatic carbocycles. The van der Waals surface area contributed by atoms with Crippen molar-refractivity contribution in [2.24, 2.45) is 0 Å². The van der Waals surface area contributed by atoms with Crippen molar-refractivity contribution in [1.29, 1.82) is 0 Å². The molecule has 4 nitrogen and oxygen atoms in total. The van der Waals surface area contributed by atoms with E-state index in [1.165, 1.54) is 0 Å². The van der Waals surface area contributed by atoms with Gasteiger partial charge in [-0.25, -0.2) is 4.98 Å². The third-order valence-corrected chi connectivity index (χ3v) is 6.74. The minimum atomic E-state index is -0.952. The van der Waals surface area contributed by atoms with E-state index in [0.29, 0.717) is 6.42 Å². The Morgan fingerprint density at radius 1 is 0.743 bits per heavy atom. The van der Waals surface area contributed by atoms with Gasteiger partial charge >= 0.3 is 29.6 Å². The van der Waals surface area contributed by atoms with Crippen molar-refractivity contribution in [2.45, 2.75) is 43.7 Å². The zero-order valence-electron chi connectivity index (χ0n) is 20.2. The van der Waals surface area contributed by atoms with E-state index in [0.717, 1.165) is 64.8 Å². The average molecular weight is 493 g/mol. The molecule has 0 bridgehead atoms. The second kappa shape index (κ2) is 14.3. The van der Waals surface area contributed by atoms with Gasteiger partial charge in [-0.05, 0) is 31.4 Å². The predicted molar refractivity (Wildman–Crippen MR) is 138 cm³/mol. The number of aromatic nitrogens is 2. The summed E-state index contributed by atoms with van der Waals surface area (Å²) < 4.78 is 2.28. The number of carbonyl (C=O) groups excluding carboxylic acids is 1. The molecule has 174 valence electrons. The number of hydrogen-bond donors (Lipinski definition) is 0. The smallest absolute Gasteiger partial charge is 0.550 e. The Bertz CT molecular complexity index is 1180. The van der Waals surface area contributed by atoms with Crippen molar-refractivity contribution in [3.63, 3.8) is 0 Å². The Balaban J connectivity index is 0.00000342. The molecule has 0 spiro atoms.